The van der Waals surface area contributed by atoms with Crippen LogP contribution in [0.25, 0.3) is 28.1 Å². The molecule has 3 aromatic rings. The Morgan fingerprint density at radius 3 is 1.89 bits per heavy atom. The Kier molecular flexibility index (Phi) is 4.53. The van der Waals surface area contributed by atoms with Crippen LogP contribution in [0, 0.1) is 0 Å². The molecule has 0 saturated carbocycles. The Bertz CT molecular complexity index is 972. The lowest BCUT2D eigenvalue weighted by atomic mass is 10.0. The summed E-state index contributed by atoms with van der Waals surface area (Å²) < 4.78 is 0. The number of hydrogen-bond acceptors (Lipinski definition) is 3. The summed E-state index contributed by atoms with van der Waals surface area (Å²) >= 11 is 0. The monoisotopic (exact) mass is 351 g/mol. The van der Waals surface area contributed by atoms with Crippen LogP contribution in [0.1, 0.15) is 12.7 Å². The van der Waals surface area contributed by atoms with Crippen LogP contribution in [0.2, 0.25) is 0 Å². The first-order valence-corrected chi connectivity index (χ1v) is 8.99. The van der Waals surface area contributed by atoms with Gasteiger partial charge >= 0.3 is 0 Å². The molecule has 1 aromatic heterocycles. The summed E-state index contributed by atoms with van der Waals surface area (Å²) in [6.07, 6.45) is 9.92. The number of nitrogens with two attached hydrogens (primary N) is 1. The predicted molar refractivity (Wildman–Crippen MR) is 112 cm³/mol. The first-order valence-electron chi connectivity index (χ1n) is 8.99. The fourth-order valence-electron chi connectivity index (χ4n) is 2.98. The zero-order chi connectivity index (χ0) is 18.7. The lowest BCUT2D eigenvalue weighted by molar-refractivity contribution is 0.736. The predicted octanol–water partition coefficient (Wildman–Crippen LogP) is 5.04. The third-order valence-electron chi connectivity index (χ3n) is 4.48. The highest BCUT2D eigenvalue weighted by molar-refractivity contribution is 5.76. The van der Waals surface area contributed by atoms with E-state index in [-0.39, 0.29) is 0 Å². The highest BCUT2D eigenvalue weighted by Gasteiger charge is 2.14. The summed E-state index contributed by atoms with van der Waals surface area (Å²) in [5.74, 6) is 0.689. The second-order valence-electron chi connectivity index (χ2n) is 6.87. The van der Waals surface area contributed by atoms with Crippen LogP contribution in [0.3, 0.4) is 0 Å². The molecule has 4 rings (SSSR count). The molecule has 2 aromatic carbocycles. The Labute approximate surface area is 159 Å². The van der Waals surface area contributed by atoms with Gasteiger partial charge in [-0.1, -0.05) is 91.0 Å². The molecular weight excluding hydrogens is 330 g/mol. The fraction of sp³-hybridized carbons (Fsp3) is 0.0833. The minimum atomic E-state index is -0.475. The van der Waals surface area contributed by atoms with E-state index in [0.717, 1.165) is 28.1 Å². The van der Waals surface area contributed by atoms with E-state index in [2.05, 4.69) is 24.3 Å². The Balaban J connectivity index is 1.87. The molecule has 1 unspecified atom stereocenters. The van der Waals surface area contributed by atoms with Crippen LogP contribution in [0.4, 0.5) is 0 Å². The van der Waals surface area contributed by atoms with Crippen molar-refractivity contribution in [3.05, 3.63) is 103 Å². The van der Waals surface area contributed by atoms with Crippen LogP contribution in [-0.2, 0) is 0 Å². The summed E-state index contributed by atoms with van der Waals surface area (Å²) in [6.45, 7) is 1.97. The highest BCUT2D eigenvalue weighted by Crippen LogP contribution is 2.27. The molecule has 2 N–H and O–H groups in total. The molecule has 132 valence electrons. The Morgan fingerprint density at radius 2 is 1.33 bits per heavy atom. The van der Waals surface area contributed by atoms with Gasteiger partial charge < -0.3 is 5.73 Å². The van der Waals surface area contributed by atoms with Crippen molar-refractivity contribution in [2.24, 2.45) is 5.73 Å². The van der Waals surface area contributed by atoms with E-state index in [9.17, 15) is 0 Å². The highest BCUT2D eigenvalue weighted by atomic mass is 14.9. The average Bonchev–Trinajstić information content (AvgIpc) is 2.89. The van der Waals surface area contributed by atoms with Gasteiger partial charge in [0.25, 0.3) is 0 Å². The molecular formula is C24H21N3. The van der Waals surface area contributed by atoms with E-state index in [0.29, 0.717) is 5.82 Å². The van der Waals surface area contributed by atoms with E-state index < -0.39 is 5.54 Å². The van der Waals surface area contributed by atoms with Gasteiger partial charge in [-0.2, -0.15) is 0 Å². The van der Waals surface area contributed by atoms with Crippen molar-refractivity contribution in [3.8, 4) is 22.5 Å². The molecule has 3 nitrogen and oxygen atoms in total. The molecule has 0 spiro atoms. The average molecular weight is 351 g/mol. The van der Waals surface area contributed by atoms with Gasteiger partial charge in [0.05, 0.1) is 16.9 Å². The van der Waals surface area contributed by atoms with Crippen molar-refractivity contribution in [2.75, 3.05) is 0 Å². The molecule has 0 aliphatic heterocycles. The van der Waals surface area contributed by atoms with Gasteiger partial charge in [0.1, 0.15) is 0 Å². The van der Waals surface area contributed by atoms with Crippen molar-refractivity contribution in [1.29, 1.82) is 0 Å². The largest absolute Gasteiger partial charge is 0.319 e. The second kappa shape index (κ2) is 7.14. The van der Waals surface area contributed by atoms with Crippen molar-refractivity contribution >= 4 is 5.57 Å². The maximum atomic E-state index is 6.21. The fourth-order valence-corrected chi connectivity index (χ4v) is 2.98. The zero-order valence-electron chi connectivity index (χ0n) is 15.2. The van der Waals surface area contributed by atoms with Gasteiger partial charge in [-0.05, 0) is 13.0 Å². The van der Waals surface area contributed by atoms with Crippen LogP contribution in [0.15, 0.2) is 97.1 Å². The van der Waals surface area contributed by atoms with Crippen LogP contribution < -0.4 is 5.73 Å². The molecule has 0 saturated heterocycles. The topological polar surface area (TPSA) is 51.8 Å². The van der Waals surface area contributed by atoms with E-state index in [1.54, 1.807) is 0 Å². The number of nitrogens with zero attached hydrogens (tertiary/aromatic N) is 2. The molecule has 1 aliphatic carbocycles. The summed E-state index contributed by atoms with van der Waals surface area (Å²) in [5, 5.41) is 0. The quantitative estimate of drug-likeness (QED) is 0.719. The van der Waals surface area contributed by atoms with Crippen molar-refractivity contribution < 1.29 is 0 Å². The molecule has 1 aliphatic rings. The number of allylic oxidation sites excluding steroid dienone is 4. The molecule has 0 fully saturated rings. The van der Waals surface area contributed by atoms with E-state index in [4.69, 9.17) is 15.7 Å². The van der Waals surface area contributed by atoms with E-state index >= 15 is 0 Å². The minimum Gasteiger partial charge on any atom is -0.319 e. The molecule has 27 heavy (non-hydrogen) atoms. The Morgan fingerprint density at radius 1 is 0.778 bits per heavy atom. The molecule has 0 amide bonds. The zero-order valence-corrected chi connectivity index (χ0v) is 15.2. The molecule has 0 radical (unpaired) electrons. The second-order valence-corrected chi connectivity index (χ2v) is 6.87. The lowest BCUT2D eigenvalue weighted by Gasteiger charge is -2.13. The normalized spacial score (nSPS) is 18.8. The molecule has 1 atom stereocenters. The standard InChI is InChI=1S/C24H21N3/c1-24(25)15-8-13-20(14-16-24)23-26-21(18-9-4-2-5-10-18)17-22(27-23)19-11-6-3-7-12-19/h2-17H,25H2,1H3. The van der Waals surface area contributed by atoms with E-state index in [1.165, 1.54) is 0 Å². The summed E-state index contributed by atoms with van der Waals surface area (Å²) in [5.41, 5.74) is 10.6. The van der Waals surface area contributed by atoms with Gasteiger partial charge in [0, 0.05) is 16.7 Å². The third kappa shape index (κ3) is 3.94. The number of hydrogen-bond donors (Lipinski definition) is 1. The summed E-state index contributed by atoms with van der Waals surface area (Å²) in [6, 6.07) is 22.4. The molecule has 3 heteroatoms. The third-order valence-corrected chi connectivity index (χ3v) is 4.48. The minimum absolute atomic E-state index is 0.475. The van der Waals surface area contributed by atoms with Gasteiger partial charge in [-0.15, -0.1) is 0 Å². The maximum Gasteiger partial charge on any atom is 0.160 e. The number of aromatic nitrogens is 2. The van der Waals surface area contributed by atoms with Gasteiger partial charge in [-0.3, -0.25) is 0 Å². The van der Waals surface area contributed by atoms with Crippen LogP contribution in [0.5, 0.6) is 0 Å². The summed E-state index contributed by atoms with van der Waals surface area (Å²) in [4.78, 5) is 9.67. The smallest absolute Gasteiger partial charge is 0.160 e. The first kappa shape index (κ1) is 17.1. The maximum absolute atomic E-state index is 6.21. The van der Waals surface area contributed by atoms with Crippen LogP contribution >= 0.6 is 0 Å². The Hall–Kier alpha value is -3.30. The summed E-state index contributed by atoms with van der Waals surface area (Å²) in [7, 11) is 0. The first-order chi connectivity index (χ1) is 13.1. The molecule has 1 heterocycles. The SMILES string of the molecule is CC1(N)C=CC=C(c2nc(-c3ccccc3)cc(-c3ccccc3)n2)C=C1. The van der Waals surface area contributed by atoms with Crippen molar-refractivity contribution in [3.63, 3.8) is 0 Å². The lowest BCUT2D eigenvalue weighted by Crippen LogP contribution is -2.30. The van der Waals surface area contributed by atoms with Gasteiger partial charge in [0.15, 0.2) is 5.82 Å². The number of rotatable bonds is 3. The van der Waals surface area contributed by atoms with Crippen molar-refractivity contribution in [2.45, 2.75) is 12.5 Å². The van der Waals surface area contributed by atoms with Gasteiger partial charge in [-0.25, -0.2) is 9.97 Å². The van der Waals surface area contributed by atoms with Crippen LogP contribution in [-0.4, -0.2) is 15.5 Å². The molecule has 0 bridgehead atoms. The number of benzene rings is 2. The van der Waals surface area contributed by atoms with Crippen molar-refractivity contribution in [1.82, 2.24) is 9.97 Å². The van der Waals surface area contributed by atoms with E-state index in [1.807, 2.05) is 79.8 Å². The van der Waals surface area contributed by atoms with Gasteiger partial charge in [0.2, 0.25) is 0 Å².